The van der Waals surface area contributed by atoms with Gasteiger partial charge in [0.25, 0.3) is 0 Å². The third-order valence-corrected chi connectivity index (χ3v) is 6.69. The maximum atomic E-state index is 5.82. The molecule has 7 nitrogen and oxygen atoms in total. The van der Waals surface area contributed by atoms with Crippen molar-refractivity contribution in [3.63, 3.8) is 0 Å². The largest absolute Gasteiger partial charge is 0.363 e. The number of pyridine rings is 2. The fourth-order valence-corrected chi connectivity index (χ4v) is 4.87. The summed E-state index contributed by atoms with van der Waals surface area (Å²) < 4.78 is 13.8. The first-order chi connectivity index (χ1) is 16.0. The lowest BCUT2D eigenvalue weighted by Gasteiger charge is -2.27. The van der Waals surface area contributed by atoms with E-state index in [2.05, 4.69) is 59.4 Å². The zero-order chi connectivity index (χ0) is 23.1. The molecular formula is C26H35N5O2. The Bertz CT molecular complexity index is 1120. The normalized spacial score (nSPS) is 16.6. The Hall–Kier alpha value is -2.64. The van der Waals surface area contributed by atoms with Crippen LogP contribution in [0, 0.1) is 19.8 Å². The van der Waals surface area contributed by atoms with Crippen molar-refractivity contribution in [2.24, 2.45) is 5.92 Å². The van der Waals surface area contributed by atoms with E-state index in [1.807, 2.05) is 14.1 Å². The van der Waals surface area contributed by atoms with Crippen LogP contribution < -0.4 is 9.80 Å². The zero-order valence-electron chi connectivity index (χ0n) is 20.5. The first-order valence-corrected chi connectivity index (χ1v) is 12.1. The van der Waals surface area contributed by atoms with Crippen LogP contribution in [0.25, 0.3) is 16.8 Å². The summed E-state index contributed by atoms with van der Waals surface area (Å²) in [6.07, 6.45) is 3.31. The van der Waals surface area contributed by atoms with Crippen LogP contribution in [0.4, 0.5) is 11.5 Å². The van der Waals surface area contributed by atoms with Crippen molar-refractivity contribution >= 4 is 17.0 Å². The van der Waals surface area contributed by atoms with Crippen molar-refractivity contribution in [1.29, 1.82) is 0 Å². The SMILES string of the molecule is CCc1nn2c(-c3c(C)cc(N(C)C)nc3C)cccc2c1N(CC1CC1)CC1OCCO1. The van der Waals surface area contributed by atoms with E-state index < -0.39 is 0 Å². The molecule has 0 aromatic carbocycles. The minimum Gasteiger partial charge on any atom is -0.363 e. The Kier molecular flexibility index (Phi) is 6.01. The summed E-state index contributed by atoms with van der Waals surface area (Å²) in [7, 11) is 4.06. The highest BCUT2D eigenvalue weighted by Crippen LogP contribution is 2.37. The van der Waals surface area contributed by atoms with Gasteiger partial charge < -0.3 is 19.3 Å². The third-order valence-electron chi connectivity index (χ3n) is 6.69. The number of rotatable bonds is 8. The molecule has 0 spiro atoms. The van der Waals surface area contributed by atoms with Crippen molar-refractivity contribution in [3.05, 3.63) is 41.2 Å². The highest BCUT2D eigenvalue weighted by Gasteiger charge is 2.31. The number of nitrogens with zero attached hydrogens (tertiary/aromatic N) is 5. The quantitative estimate of drug-likeness (QED) is 0.513. The molecular weight excluding hydrogens is 414 g/mol. The predicted molar refractivity (Wildman–Crippen MR) is 132 cm³/mol. The van der Waals surface area contributed by atoms with Gasteiger partial charge in [0.1, 0.15) is 5.82 Å². The van der Waals surface area contributed by atoms with Crippen LogP contribution in [0.15, 0.2) is 24.3 Å². The fraction of sp³-hybridized carbons (Fsp3) is 0.538. The Labute approximate surface area is 196 Å². The van der Waals surface area contributed by atoms with E-state index in [0.29, 0.717) is 13.2 Å². The van der Waals surface area contributed by atoms with Crippen LogP contribution in [0.1, 0.15) is 36.7 Å². The van der Waals surface area contributed by atoms with Gasteiger partial charge >= 0.3 is 0 Å². The molecule has 176 valence electrons. The average molecular weight is 450 g/mol. The lowest BCUT2D eigenvalue weighted by Crippen LogP contribution is -2.35. The second kappa shape index (κ2) is 8.95. The molecule has 7 heteroatoms. The molecule has 1 saturated heterocycles. The first-order valence-electron chi connectivity index (χ1n) is 12.1. The molecule has 0 unspecified atom stereocenters. The molecule has 3 aromatic heterocycles. The Morgan fingerprint density at radius 1 is 1.09 bits per heavy atom. The van der Waals surface area contributed by atoms with Crippen LogP contribution in [-0.4, -0.2) is 61.3 Å². The molecule has 2 aliphatic rings. The van der Waals surface area contributed by atoms with Crippen molar-refractivity contribution in [2.75, 3.05) is 50.2 Å². The maximum absolute atomic E-state index is 5.82. The van der Waals surface area contributed by atoms with Gasteiger partial charge in [-0.1, -0.05) is 13.0 Å². The second-order valence-electron chi connectivity index (χ2n) is 9.53. The minimum atomic E-state index is -0.168. The molecule has 5 rings (SSSR count). The minimum absolute atomic E-state index is 0.168. The standard InChI is InChI=1S/C26H35N5O2/c1-6-20-26(30(15-19-10-11-19)16-24-32-12-13-33-24)22-9-7-8-21(31(22)28-20)25-17(2)14-23(29(4)5)27-18(25)3/h7-9,14,19,24H,6,10-13,15-16H2,1-5H3. The molecule has 2 fully saturated rings. The van der Waals surface area contributed by atoms with Gasteiger partial charge in [0.2, 0.25) is 0 Å². The molecule has 0 bridgehead atoms. The number of hydrogen-bond donors (Lipinski definition) is 0. The predicted octanol–water partition coefficient (Wildman–Crippen LogP) is 4.23. The summed E-state index contributed by atoms with van der Waals surface area (Å²) in [6, 6.07) is 8.64. The zero-order valence-corrected chi connectivity index (χ0v) is 20.5. The van der Waals surface area contributed by atoms with E-state index >= 15 is 0 Å². The van der Waals surface area contributed by atoms with Gasteiger partial charge in [-0.15, -0.1) is 0 Å². The van der Waals surface area contributed by atoms with Crippen molar-refractivity contribution in [1.82, 2.24) is 14.6 Å². The van der Waals surface area contributed by atoms with Gasteiger partial charge in [-0.2, -0.15) is 5.10 Å². The molecule has 0 N–H and O–H groups in total. The van der Waals surface area contributed by atoms with Gasteiger partial charge in [-0.25, -0.2) is 9.50 Å². The molecule has 1 aliphatic heterocycles. The van der Waals surface area contributed by atoms with Crippen molar-refractivity contribution in [2.45, 2.75) is 46.3 Å². The summed E-state index contributed by atoms with van der Waals surface area (Å²) in [5.41, 5.74) is 7.94. The topological polar surface area (TPSA) is 55.1 Å². The molecule has 1 aliphatic carbocycles. The van der Waals surface area contributed by atoms with E-state index in [4.69, 9.17) is 19.6 Å². The number of fused-ring (bicyclic) bond motifs is 1. The van der Waals surface area contributed by atoms with Crippen LogP contribution in [-0.2, 0) is 15.9 Å². The van der Waals surface area contributed by atoms with Crippen LogP contribution in [0.2, 0.25) is 0 Å². The summed E-state index contributed by atoms with van der Waals surface area (Å²) in [6.45, 7) is 9.56. The summed E-state index contributed by atoms with van der Waals surface area (Å²) in [5.74, 6) is 1.73. The fourth-order valence-electron chi connectivity index (χ4n) is 4.87. The van der Waals surface area contributed by atoms with Crippen LogP contribution in [0.5, 0.6) is 0 Å². The highest BCUT2D eigenvalue weighted by atomic mass is 16.7. The third kappa shape index (κ3) is 4.32. The number of aromatic nitrogens is 3. The number of anilines is 2. The smallest absolute Gasteiger partial charge is 0.175 e. The lowest BCUT2D eigenvalue weighted by molar-refractivity contribution is -0.0343. The van der Waals surface area contributed by atoms with E-state index in [1.165, 1.54) is 24.1 Å². The maximum Gasteiger partial charge on any atom is 0.175 e. The highest BCUT2D eigenvalue weighted by molar-refractivity contribution is 5.80. The Morgan fingerprint density at radius 2 is 1.85 bits per heavy atom. The van der Waals surface area contributed by atoms with E-state index in [-0.39, 0.29) is 6.29 Å². The lowest BCUT2D eigenvalue weighted by atomic mass is 10.0. The average Bonchev–Trinajstić information content (AvgIpc) is 3.30. The summed E-state index contributed by atoms with van der Waals surface area (Å²) in [5, 5.41) is 5.13. The van der Waals surface area contributed by atoms with Crippen LogP contribution >= 0.6 is 0 Å². The number of hydrogen-bond acceptors (Lipinski definition) is 6. The van der Waals surface area contributed by atoms with Crippen molar-refractivity contribution < 1.29 is 9.47 Å². The summed E-state index contributed by atoms with van der Waals surface area (Å²) >= 11 is 0. The monoisotopic (exact) mass is 449 g/mol. The molecule has 1 saturated carbocycles. The van der Waals surface area contributed by atoms with Gasteiger partial charge in [0.15, 0.2) is 6.29 Å². The molecule has 3 aromatic rings. The van der Waals surface area contributed by atoms with E-state index in [9.17, 15) is 0 Å². The molecule has 4 heterocycles. The number of ether oxygens (including phenoxy) is 2. The molecule has 0 amide bonds. The van der Waals surface area contributed by atoms with E-state index in [0.717, 1.165) is 59.4 Å². The van der Waals surface area contributed by atoms with E-state index in [1.54, 1.807) is 0 Å². The second-order valence-corrected chi connectivity index (χ2v) is 9.53. The Morgan fingerprint density at radius 3 is 2.48 bits per heavy atom. The van der Waals surface area contributed by atoms with Crippen LogP contribution in [0.3, 0.4) is 0 Å². The Balaban J connectivity index is 1.62. The molecule has 0 atom stereocenters. The first kappa shape index (κ1) is 22.2. The number of aryl methyl sites for hydroxylation is 3. The van der Waals surface area contributed by atoms with Crippen molar-refractivity contribution in [3.8, 4) is 11.3 Å². The van der Waals surface area contributed by atoms with Gasteiger partial charge in [0, 0.05) is 31.9 Å². The van der Waals surface area contributed by atoms with Gasteiger partial charge in [0.05, 0.1) is 42.4 Å². The summed E-state index contributed by atoms with van der Waals surface area (Å²) in [4.78, 5) is 9.37. The molecule has 33 heavy (non-hydrogen) atoms. The van der Waals surface area contributed by atoms with Gasteiger partial charge in [-0.05, 0) is 62.8 Å². The molecule has 0 radical (unpaired) electrons. The van der Waals surface area contributed by atoms with Gasteiger partial charge in [-0.3, -0.25) is 0 Å².